The Morgan fingerprint density at radius 1 is 1.39 bits per heavy atom. The van der Waals surface area contributed by atoms with Gasteiger partial charge in [0, 0.05) is 32.4 Å². The van der Waals surface area contributed by atoms with E-state index in [9.17, 15) is 5.26 Å². The fraction of sp³-hybridized carbons (Fsp3) is 0.400. The number of nitriles is 1. The Kier molecular flexibility index (Phi) is 3.40. The minimum atomic E-state index is -0.482. The van der Waals surface area contributed by atoms with Crippen LogP contribution in [0.4, 0.5) is 0 Å². The highest BCUT2D eigenvalue weighted by molar-refractivity contribution is 5.20. The van der Waals surface area contributed by atoms with Crippen molar-refractivity contribution in [3.8, 4) is 6.07 Å². The van der Waals surface area contributed by atoms with E-state index in [1.54, 1.807) is 0 Å². The summed E-state index contributed by atoms with van der Waals surface area (Å²) in [5, 5.41) is 9.36. The highest BCUT2D eigenvalue weighted by atomic mass is 15.3. The molecule has 1 aromatic carbocycles. The van der Waals surface area contributed by atoms with E-state index in [1.807, 2.05) is 37.1 Å². The number of hydrogen-bond donors (Lipinski definition) is 0. The van der Waals surface area contributed by atoms with Crippen molar-refractivity contribution >= 4 is 0 Å². The summed E-state index contributed by atoms with van der Waals surface area (Å²) < 4.78 is 0. The van der Waals surface area contributed by atoms with Crippen LogP contribution < -0.4 is 0 Å². The molecule has 1 saturated heterocycles. The number of piperazine rings is 1. The van der Waals surface area contributed by atoms with Gasteiger partial charge < -0.3 is 4.90 Å². The van der Waals surface area contributed by atoms with Crippen LogP contribution in [-0.4, -0.2) is 35.5 Å². The fourth-order valence-corrected chi connectivity index (χ4v) is 2.37. The van der Waals surface area contributed by atoms with Gasteiger partial charge in [-0.3, -0.25) is 4.90 Å². The molecule has 1 aliphatic rings. The van der Waals surface area contributed by atoms with E-state index in [0.717, 1.165) is 25.3 Å². The maximum Gasteiger partial charge on any atom is 0.137 e. The van der Waals surface area contributed by atoms with Crippen LogP contribution in [0.5, 0.6) is 0 Å². The summed E-state index contributed by atoms with van der Waals surface area (Å²) in [6.45, 7) is 8.46. The van der Waals surface area contributed by atoms with E-state index in [2.05, 4.69) is 29.7 Å². The summed E-state index contributed by atoms with van der Waals surface area (Å²) in [7, 11) is 1.95. The molecular weight excluding hydrogens is 222 g/mol. The van der Waals surface area contributed by atoms with Gasteiger partial charge in [-0.2, -0.15) is 5.26 Å². The van der Waals surface area contributed by atoms with Crippen molar-refractivity contribution in [3.63, 3.8) is 0 Å². The number of hydrogen-bond acceptors (Lipinski definition) is 3. The SMILES string of the molecule is C=C1CN(Cc2ccccc2)CC(C)(C#N)N1C. The normalized spacial score (nSPS) is 24.9. The standard InChI is InChI=1S/C15H19N3/c1-13-9-18(10-14-7-5-4-6-8-14)12-15(2,11-16)17(13)3/h4-8H,1,9-10,12H2,2-3H3. The molecular formula is C15H19N3. The zero-order valence-corrected chi connectivity index (χ0v) is 11.1. The van der Waals surface area contributed by atoms with Gasteiger partial charge in [-0.25, -0.2) is 0 Å². The van der Waals surface area contributed by atoms with Crippen LogP contribution in [0.15, 0.2) is 42.6 Å². The van der Waals surface area contributed by atoms with Crippen LogP contribution in [0.1, 0.15) is 12.5 Å². The second kappa shape index (κ2) is 4.83. The monoisotopic (exact) mass is 241 g/mol. The Hall–Kier alpha value is -1.79. The van der Waals surface area contributed by atoms with E-state index in [-0.39, 0.29) is 0 Å². The van der Waals surface area contributed by atoms with Crippen molar-refractivity contribution in [1.29, 1.82) is 5.26 Å². The summed E-state index contributed by atoms with van der Waals surface area (Å²) in [6.07, 6.45) is 0. The highest BCUT2D eigenvalue weighted by Crippen LogP contribution is 2.25. The number of rotatable bonds is 2. The van der Waals surface area contributed by atoms with Crippen LogP contribution in [0.25, 0.3) is 0 Å². The molecule has 1 aromatic rings. The molecule has 0 radical (unpaired) electrons. The second-order valence-corrected chi connectivity index (χ2v) is 5.14. The molecule has 94 valence electrons. The van der Waals surface area contributed by atoms with Crippen LogP contribution in [0, 0.1) is 11.3 Å². The molecule has 0 aromatic heterocycles. The average molecular weight is 241 g/mol. The number of likely N-dealkylation sites (N-methyl/N-ethyl adjacent to an activating group) is 1. The molecule has 0 N–H and O–H groups in total. The molecule has 1 atom stereocenters. The Morgan fingerprint density at radius 2 is 2.06 bits per heavy atom. The molecule has 0 saturated carbocycles. The van der Waals surface area contributed by atoms with Gasteiger partial charge in [0.1, 0.15) is 5.54 Å². The first-order valence-electron chi connectivity index (χ1n) is 6.14. The zero-order valence-electron chi connectivity index (χ0n) is 11.1. The molecule has 0 amide bonds. The lowest BCUT2D eigenvalue weighted by atomic mass is 9.97. The Balaban J connectivity index is 2.12. The molecule has 1 unspecified atom stereocenters. The minimum absolute atomic E-state index is 0.482. The van der Waals surface area contributed by atoms with E-state index in [4.69, 9.17) is 0 Å². The van der Waals surface area contributed by atoms with Crippen LogP contribution in [0.2, 0.25) is 0 Å². The highest BCUT2D eigenvalue weighted by Gasteiger charge is 2.36. The lowest BCUT2D eigenvalue weighted by Crippen LogP contribution is -2.56. The van der Waals surface area contributed by atoms with Crippen LogP contribution in [-0.2, 0) is 6.54 Å². The molecule has 0 spiro atoms. The number of benzene rings is 1. The lowest BCUT2D eigenvalue weighted by Gasteiger charge is -2.45. The summed E-state index contributed by atoms with van der Waals surface area (Å²) in [5.41, 5.74) is 1.79. The van der Waals surface area contributed by atoms with E-state index in [1.165, 1.54) is 5.56 Å². The predicted molar refractivity (Wildman–Crippen MR) is 72.6 cm³/mol. The molecule has 1 aliphatic heterocycles. The molecule has 0 bridgehead atoms. The molecule has 3 nitrogen and oxygen atoms in total. The van der Waals surface area contributed by atoms with Crippen molar-refractivity contribution in [3.05, 3.63) is 48.2 Å². The topological polar surface area (TPSA) is 30.3 Å². The predicted octanol–water partition coefficient (Wildman–Crippen LogP) is 2.23. The maximum atomic E-state index is 9.36. The average Bonchev–Trinajstić information content (AvgIpc) is 2.37. The Labute approximate surface area is 109 Å². The van der Waals surface area contributed by atoms with Crippen LogP contribution in [0.3, 0.4) is 0 Å². The minimum Gasteiger partial charge on any atom is -0.358 e. The summed E-state index contributed by atoms with van der Waals surface area (Å²) in [5.74, 6) is 0. The fourth-order valence-electron chi connectivity index (χ4n) is 2.37. The first-order chi connectivity index (χ1) is 8.55. The van der Waals surface area contributed by atoms with E-state index in [0.29, 0.717) is 0 Å². The largest absolute Gasteiger partial charge is 0.358 e. The molecule has 3 heteroatoms. The third-order valence-corrected chi connectivity index (χ3v) is 3.64. The Bertz CT molecular complexity index is 474. The first kappa shape index (κ1) is 12.7. The van der Waals surface area contributed by atoms with Gasteiger partial charge >= 0.3 is 0 Å². The van der Waals surface area contributed by atoms with Crippen molar-refractivity contribution in [2.24, 2.45) is 0 Å². The Morgan fingerprint density at radius 3 is 2.67 bits per heavy atom. The van der Waals surface area contributed by atoms with Crippen molar-refractivity contribution < 1.29 is 0 Å². The van der Waals surface area contributed by atoms with E-state index >= 15 is 0 Å². The van der Waals surface area contributed by atoms with Gasteiger partial charge in [0.05, 0.1) is 6.07 Å². The maximum absolute atomic E-state index is 9.36. The van der Waals surface area contributed by atoms with Gasteiger partial charge in [0.2, 0.25) is 0 Å². The first-order valence-corrected chi connectivity index (χ1v) is 6.14. The third-order valence-electron chi connectivity index (χ3n) is 3.64. The lowest BCUT2D eigenvalue weighted by molar-refractivity contribution is 0.0984. The van der Waals surface area contributed by atoms with Gasteiger partial charge in [-0.05, 0) is 12.5 Å². The van der Waals surface area contributed by atoms with Crippen molar-refractivity contribution in [2.45, 2.75) is 19.0 Å². The molecule has 1 heterocycles. The van der Waals surface area contributed by atoms with Gasteiger partial charge in [-0.15, -0.1) is 0 Å². The smallest absolute Gasteiger partial charge is 0.137 e. The number of nitrogens with zero attached hydrogens (tertiary/aromatic N) is 3. The van der Waals surface area contributed by atoms with Gasteiger partial charge in [0.15, 0.2) is 0 Å². The quantitative estimate of drug-likeness (QED) is 0.795. The second-order valence-electron chi connectivity index (χ2n) is 5.14. The van der Waals surface area contributed by atoms with Crippen molar-refractivity contribution in [2.75, 3.05) is 20.1 Å². The van der Waals surface area contributed by atoms with E-state index < -0.39 is 5.54 Å². The van der Waals surface area contributed by atoms with Gasteiger partial charge in [-0.1, -0.05) is 36.9 Å². The summed E-state index contributed by atoms with van der Waals surface area (Å²) >= 11 is 0. The zero-order chi connectivity index (χ0) is 13.2. The molecule has 1 fully saturated rings. The van der Waals surface area contributed by atoms with Gasteiger partial charge in [0.25, 0.3) is 0 Å². The molecule has 2 rings (SSSR count). The van der Waals surface area contributed by atoms with Crippen LogP contribution >= 0.6 is 0 Å². The summed E-state index contributed by atoms with van der Waals surface area (Å²) in [4.78, 5) is 4.27. The summed E-state index contributed by atoms with van der Waals surface area (Å²) in [6, 6.07) is 12.7. The third kappa shape index (κ3) is 2.39. The van der Waals surface area contributed by atoms with Crippen molar-refractivity contribution in [1.82, 2.24) is 9.80 Å². The molecule has 18 heavy (non-hydrogen) atoms. The molecule has 0 aliphatic carbocycles.